The van der Waals surface area contributed by atoms with Gasteiger partial charge in [0.15, 0.2) is 0 Å². The van der Waals surface area contributed by atoms with Crippen LogP contribution in [0.1, 0.15) is 37.7 Å². The lowest BCUT2D eigenvalue weighted by molar-refractivity contribution is -0.116. The van der Waals surface area contributed by atoms with Gasteiger partial charge in [0.25, 0.3) is 0 Å². The number of carbonyl (C=O) groups is 1. The molecule has 1 aromatic rings. The van der Waals surface area contributed by atoms with Gasteiger partial charge in [-0.05, 0) is 50.7 Å². The van der Waals surface area contributed by atoms with Crippen LogP contribution in [0.4, 0.5) is 5.69 Å². The van der Waals surface area contributed by atoms with Crippen LogP contribution in [0, 0.1) is 6.92 Å². The fraction of sp³-hybridized carbons (Fsp3) is 0.500. The van der Waals surface area contributed by atoms with Gasteiger partial charge in [0.05, 0.1) is 12.8 Å². The van der Waals surface area contributed by atoms with Gasteiger partial charge in [-0.15, -0.1) is 0 Å². The van der Waals surface area contributed by atoms with Crippen molar-refractivity contribution in [1.82, 2.24) is 4.31 Å². The largest absolute Gasteiger partial charge is 0.325 e. The van der Waals surface area contributed by atoms with Crippen LogP contribution >= 0.6 is 0 Å². The third kappa shape index (κ3) is 5.76. The predicted molar refractivity (Wildman–Crippen MR) is 97.4 cm³/mol. The van der Waals surface area contributed by atoms with Crippen molar-refractivity contribution >= 4 is 21.6 Å². The number of rotatable bonds is 7. The van der Waals surface area contributed by atoms with Crippen LogP contribution < -0.4 is 5.32 Å². The maximum absolute atomic E-state index is 12.2. The number of para-hydroxylation sites is 1. The first kappa shape index (κ1) is 18.7. The first-order chi connectivity index (χ1) is 11.4. The number of anilines is 1. The molecule has 0 unspecified atom stereocenters. The third-order valence-electron chi connectivity index (χ3n) is 4.28. The van der Waals surface area contributed by atoms with E-state index in [1.807, 2.05) is 31.2 Å². The summed E-state index contributed by atoms with van der Waals surface area (Å²) in [5, 5.41) is 2.79. The Kier molecular flexibility index (Phi) is 6.57. The van der Waals surface area contributed by atoms with Crippen molar-refractivity contribution in [2.24, 2.45) is 0 Å². The molecule has 0 bridgehead atoms. The van der Waals surface area contributed by atoms with Crippen molar-refractivity contribution in [2.45, 2.75) is 39.0 Å². The molecule has 1 aromatic carbocycles. The number of nitrogens with one attached hydrogen (secondary N) is 1. The zero-order valence-electron chi connectivity index (χ0n) is 14.4. The molecular formula is C18H26N2O3S. The maximum atomic E-state index is 12.2. The topological polar surface area (TPSA) is 66.5 Å². The van der Waals surface area contributed by atoms with Crippen LogP contribution in [0.3, 0.4) is 0 Å². The molecule has 0 radical (unpaired) electrons. The predicted octanol–water partition coefficient (Wildman–Crippen LogP) is 3.09. The minimum absolute atomic E-state index is 0.152. The summed E-state index contributed by atoms with van der Waals surface area (Å²) in [5.74, 6) is -0.313. The summed E-state index contributed by atoms with van der Waals surface area (Å²) in [6.45, 7) is 2.10. The van der Waals surface area contributed by atoms with Crippen molar-refractivity contribution in [3.63, 3.8) is 0 Å². The lowest BCUT2D eigenvalue weighted by Gasteiger charge is -2.21. The molecule has 0 saturated heterocycles. The monoisotopic (exact) mass is 350 g/mol. The normalized spacial score (nSPS) is 15.2. The van der Waals surface area contributed by atoms with Gasteiger partial charge in [0.2, 0.25) is 15.9 Å². The fourth-order valence-electron chi connectivity index (χ4n) is 2.83. The molecule has 1 amide bonds. The quantitative estimate of drug-likeness (QED) is 0.769. The highest BCUT2D eigenvalue weighted by molar-refractivity contribution is 7.88. The summed E-state index contributed by atoms with van der Waals surface area (Å²) in [7, 11) is -3.42. The minimum atomic E-state index is -3.42. The summed E-state index contributed by atoms with van der Waals surface area (Å²) in [5.41, 5.74) is 2.96. The van der Waals surface area contributed by atoms with E-state index < -0.39 is 10.0 Å². The minimum Gasteiger partial charge on any atom is -0.325 e. The number of benzene rings is 1. The summed E-state index contributed by atoms with van der Waals surface area (Å²) in [6, 6.07) is 7.45. The number of hydrogen-bond acceptors (Lipinski definition) is 3. The molecule has 1 aliphatic rings. The second-order valence-electron chi connectivity index (χ2n) is 6.32. The van der Waals surface area contributed by atoms with Gasteiger partial charge < -0.3 is 5.32 Å². The van der Waals surface area contributed by atoms with Crippen LogP contribution in [0.2, 0.25) is 0 Å². The molecule has 0 atom stereocenters. The Bertz CT molecular complexity index is 711. The molecule has 0 saturated carbocycles. The van der Waals surface area contributed by atoms with Crippen LogP contribution in [0.5, 0.6) is 0 Å². The molecule has 24 heavy (non-hydrogen) atoms. The van der Waals surface area contributed by atoms with E-state index in [0.717, 1.165) is 24.7 Å². The van der Waals surface area contributed by atoms with E-state index >= 15 is 0 Å². The average molecular weight is 350 g/mol. The lowest BCUT2D eigenvalue weighted by atomic mass is 9.97. The van der Waals surface area contributed by atoms with E-state index in [4.69, 9.17) is 0 Å². The van der Waals surface area contributed by atoms with Gasteiger partial charge in [0.1, 0.15) is 0 Å². The number of amides is 1. The SMILES string of the molecule is Cc1ccccc1NC(=O)CN(CCC1=CCCCC1)S(C)(=O)=O. The standard InChI is InChI=1S/C18H26N2O3S/c1-15-8-6-7-11-17(15)19-18(21)14-20(24(2,22)23)13-12-16-9-4-3-5-10-16/h6-9,11H,3-5,10,12-14H2,1-2H3,(H,19,21). The molecule has 2 rings (SSSR count). The third-order valence-corrected chi connectivity index (χ3v) is 5.53. The van der Waals surface area contributed by atoms with E-state index in [1.54, 1.807) is 0 Å². The van der Waals surface area contributed by atoms with Crippen molar-refractivity contribution < 1.29 is 13.2 Å². The van der Waals surface area contributed by atoms with E-state index in [-0.39, 0.29) is 12.5 Å². The summed E-state index contributed by atoms with van der Waals surface area (Å²) < 4.78 is 25.2. The van der Waals surface area contributed by atoms with Crippen LogP contribution in [0.15, 0.2) is 35.9 Å². The molecule has 0 spiro atoms. The Labute approximate surface area is 144 Å². The molecule has 0 aromatic heterocycles. The molecule has 0 fully saturated rings. The molecule has 132 valence electrons. The van der Waals surface area contributed by atoms with Crippen molar-refractivity contribution in [1.29, 1.82) is 0 Å². The summed E-state index contributed by atoms with van der Waals surface area (Å²) in [4.78, 5) is 12.2. The smallest absolute Gasteiger partial charge is 0.239 e. The highest BCUT2D eigenvalue weighted by Crippen LogP contribution is 2.21. The number of nitrogens with zero attached hydrogens (tertiary/aromatic N) is 1. The highest BCUT2D eigenvalue weighted by Gasteiger charge is 2.21. The van der Waals surface area contributed by atoms with E-state index in [2.05, 4.69) is 11.4 Å². The van der Waals surface area contributed by atoms with Crippen molar-refractivity contribution in [3.05, 3.63) is 41.5 Å². The van der Waals surface area contributed by atoms with Gasteiger partial charge in [-0.1, -0.05) is 29.8 Å². The van der Waals surface area contributed by atoms with Crippen LogP contribution in [-0.4, -0.2) is 38.0 Å². The Morgan fingerprint density at radius 3 is 2.62 bits per heavy atom. The summed E-state index contributed by atoms with van der Waals surface area (Å²) >= 11 is 0. The van der Waals surface area contributed by atoms with E-state index in [9.17, 15) is 13.2 Å². The van der Waals surface area contributed by atoms with Gasteiger partial charge in [-0.2, -0.15) is 4.31 Å². The Hall–Kier alpha value is -1.66. The Balaban J connectivity index is 1.97. The average Bonchev–Trinajstić information content (AvgIpc) is 2.53. The van der Waals surface area contributed by atoms with Crippen molar-refractivity contribution in [3.8, 4) is 0 Å². The fourth-order valence-corrected chi connectivity index (χ4v) is 3.60. The zero-order valence-corrected chi connectivity index (χ0v) is 15.2. The molecule has 0 aliphatic heterocycles. The second kappa shape index (κ2) is 8.44. The Morgan fingerprint density at radius 2 is 2.00 bits per heavy atom. The first-order valence-corrected chi connectivity index (χ1v) is 10.2. The second-order valence-corrected chi connectivity index (χ2v) is 8.30. The highest BCUT2D eigenvalue weighted by atomic mass is 32.2. The lowest BCUT2D eigenvalue weighted by Crippen LogP contribution is -2.38. The van der Waals surface area contributed by atoms with E-state index in [0.29, 0.717) is 18.7 Å². The Morgan fingerprint density at radius 1 is 1.25 bits per heavy atom. The molecule has 1 aliphatic carbocycles. The van der Waals surface area contributed by atoms with Gasteiger partial charge in [-0.3, -0.25) is 4.79 Å². The molecule has 0 heterocycles. The van der Waals surface area contributed by atoms with Crippen LogP contribution in [-0.2, 0) is 14.8 Å². The summed E-state index contributed by atoms with van der Waals surface area (Å²) in [6.07, 6.45) is 8.54. The number of allylic oxidation sites excluding steroid dienone is 1. The molecule has 5 nitrogen and oxygen atoms in total. The zero-order chi connectivity index (χ0) is 17.6. The number of carbonyl (C=O) groups excluding carboxylic acids is 1. The maximum Gasteiger partial charge on any atom is 0.239 e. The van der Waals surface area contributed by atoms with E-state index in [1.165, 1.54) is 22.7 Å². The molecule has 1 N–H and O–H groups in total. The van der Waals surface area contributed by atoms with Crippen molar-refractivity contribution in [2.75, 3.05) is 24.7 Å². The van der Waals surface area contributed by atoms with Gasteiger partial charge in [0, 0.05) is 12.2 Å². The number of sulfonamides is 1. The molecule has 6 heteroatoms. The molecular weight excluding hydrogens is 324 g/mol. The number of aryl methyl sites for hydroxylation is 1. The van der Waals surface area contributed by atoms with Crippen LogP contribution in [0.25, 0.3) is 0 Å². The van der Waals surface area contributed by atoms with Gasteiger partial charge >= 0.3 is 0 Å². The first-order valence-electron chi connectivity index (χ1n) is 8.35. The van der Waals surface area contributed by atoms with Gasteiger partial charge in [-0.25, -0.2) is 8.42 Å². The number of hydrogen-bond donors (Lipinski definition) is 1.